The van der Waals surface area contributed by atoms with Gasteiger partial charge >= 0.3 is 5.97 Å². The van der Waals surface area contributed by atoms with E-state index in [4.69, 9.17) is 4.74 Å². The molecule has 4 rings (SSSR count). The first-order chi connectivity index (χ1) is 15.5. The third-order valence-electron chi connectivity index (χ3n) is 5.38. The molecule has 0 radical (unpaired) electrons. The van der Waals surface area contributed by atoms with Gasteiger partial charge in [-0.05, 0) is 73.0 Å². The molecular formula is C25H21FN2O4. The van der Waals surface area contributed by atoms with E-state index in [0.717, 1.165) is 24.1 Å². The van der Waals surface area contributed by atoms with Crippen molar-refractivity contribution in [3.8, 4) is 0 Å². The maximum atomic E-state index is 13.2. The number of halogens is 1. The summed E-state index contributed by atoms with van der Waals surface area (Å²) in [5.74, 6) is -1.52. The van der Waals surface area contributed by atoms with Crippen LogP contribution in [0.3, 0.4) is 0 Å². The average molecular weight is 432 g/mol. The summed E-state index contributed by atoms with van der Waals surface area (Å²) in [7, 11) is 1.28. The number of nitrogens with one attached hydrogen (secondary N) is 1. The molecule has 0 saturated heterocycles. The van der Waals surface area contributed by atoms with Gasteiger partial charge in [-0.3, -0.25) is 9.59 Å². The molecule has 32 heavy (non-hydrogen) atoms. The largest absolute Gasteiger partial charge is 0.465 e. The molecule has 2 amide bonds. The highest BCUT2D eigenvalue weighted by atomic mass is 19.1. The Morgan fingerprint density at radius 1 is 0.969 bits per heavy atom. The third kappa shape index (κ3) is 4.23. The summed E-state index contributed by atoms with van der Waals surface area (Å²) in [4.78, 5) is 39.4. The van der Waals surface area contributed by atoms with Gasteiger partial charge in [0.1, 0.15) is 5.82 Å². The van der Waals surface area contributed by atoms with Crippen molar-refractivity contribution in [3.63, 3.8) is 0 Å². The first kappa shape index (κ1) is 21.2. The van der Waals surface area contributed by atoms with Gasteiger partial charge in [-0.25, -0.2) is 9.18 Å². The van der Waals surface area contributed by atoms with Gasteiger partial charge < -0.3 is 15.0 Å². The fourth-order valence-electron chi connectivity index (χ4n) is 3.77. The lowest BCUT2D eigenvalue weighted by Gasteiger charge is -2.30. The number of amides is 2. The number of ether oxygens (including phenoxy) is 1. The van der Waals surface area contributed by atoms with E-state index in [1.807, 2.05) is 0 Å². The SMILES string of the molecule is COC(=O)c1ccccc1NC(=O)c1ccc2c(c1)CCCN2C(=O)c1ccc(F)cc1. The number of aryl methyl sites for hydroxylation is 1. The van der Waals surface area contributed by atoms with Gasteiger partial charge in [-0.1, -0.05) is 12.1 Å². The van der Waals surface area contributed by atoms with Crippen molar-refractivity contribution in [1.82, 2.24) is 0 Å². The fraction of sp³-hybridized carbons (Fsp3) is 0.160. The summed E-state index contributed by atoms with van der Waals surface area (Å²) in [5.41, 5.74) is 3.05. The van der Waals surface area contributed by atoms with E-state index in [1.165, 1.54) is 31.4 Å². The van der Waals surface area contributed by atoms with Crippen LogP contribution < -0.4 is 10.2 Å². The number of fused-ring (bicyclic) bond motifs is 1. The van der Waals surface area contributed by atoms with Crippen LogP contribution in [0.5, 0.6) is 0 Å². The van der Waals surface area contributed by atoms with Crippen LogP contribution in [0.25, 0.3) is 0 Å². The maximum absolute atomic E-state index is 13.2. The zero-order valence-corrected chi connectivity index (χ0v) is 17.4. The van der Waals surface area contributed by atoms with Crippen molar-refractivity contribution in [1.29, 1.82) is 0 Å². The lowest BCUT2D eigenvalue weighted by Crippen LogP contribution is -2.35. The van der Waals surface area contributed by atoms with Gasteiger partial charge in [0, 0.05) is 23.4 Å². The molecule has 3 aromatic carbocycles. The Kier molecular flexibility index (Phi) is 5.98. The Morgan fingerprint density at radius 2 is 1.69 bits per heavy atom. The first-order valence-corrected chi connectivity index (χ1v) is 10.2. The molecule has 0 aliphatic carbocycles. The smallest absolute Gasteiger partial charge is 0.339 e. The summed E-state index contributed by atoms with van der Waals surface area (Å²) in [6, 6.07) is 17.2. The van der Waals surface area contributed by atoms with Gasteiger partial charge in [-0.2, -0.15) is 0 Å². The molecule has 0 fully saturated rings. The summed E-state index contributed by atoms with van der Waals surface area (Å²) >= 11 is 0. The number of anilines is 2. The zero-order chi connectivity index (χ0) is 22.7. The van der Waals surface area contributed by atoms with Crippen LogP contribution in [0.1, 0.15) is 43.1 Å². The van der Waals surface area contributed by atoms with Crippen LogP contribution in [0.15, 0.2) is 66.7 Å². The minimum Gasteiger partial charge on any atom is -0.465 e. The van der Waals surface area contributed by atoms with Gasteiger partial charge in [0.2, 0.25) is 0 Å². The van der Waals surface area contributed by atoms with Crippen molar-refractivity contribution in [2.24, 2.45) is 0 Å². The van der Waals surface area contributed by atoms with Crippen molar-refractivity contribution >= 4 is 29.2 Å². The lowest BCUT2D eigenvalue weighted by molar-refractivity contribution is 0.0601. The second-order valence-corrected chi connectivity index (χ2v) is 7.40. The molecule has 0 atom stereocenters. The van der Waals surface area contributed by atoms with E-state index < -0.39 is 11.8 Å². The Hall–Kier alpha value is -4.00. The Labute approximate surface area is 184 Å². The van der Waals surface area contributed by atoms with Crippen LogP contribution in [0.4, 0.5) is 15.8 Å². The Morgan fingerprint density at radius 3 is 2.44 bits per heavy atom. The van der Waals surface area contributed by atoms with Crippen molar-refractivity contribution in [2.45, 2.75) is 12.8 Å². The standard InChI is InChI=1S/C25H21FN2O4/c1-32-25(31)20-6-2-3-7-21(20)27-23(29)18-10-13-22-17(15-18)5-4-14-28(22)24(30)16-8-11-19(26)12-9-16/h2-3,6-13,15H,4-5,14H2,1H3,(H,27,29). The Balaban J connectivity index is 1.58. The quantitative estimate of drug-likeness (QED) is 0.618. The van der Waals surface area contributed by atoms with Gasteiger partial charge in [-0.15, -0.1) is 0 Å². The monoisotopic (exact) mass is 432 g/mol. The minimum absolute atomic E-state index is 0.213. The molecule has 0 saturated carbocycles. The molecule has 0 unspecified atom stereocenters. The number of hydrogen-bond donors (Lipinski definition) is 1. The molecule has 0 aromatic heterocycles. The zero-order valence-electron chi connectivity index (χ0n) is 17.4. The van der Waals surface area contributed by atoms with E-state index in [1.54, 1.807) is 47.4 Å². The number of benzene rings is 3. The fourth-order valence-corrected chi connectivity index (χ4v) is 3.77. The van der Waals surface area contributed by atoms with E-state index in [9.17, 15) is 18.8 Å². The van der Waals surface area contributed by atoms with Crippen LogP contribution >= 0.6 is 0 Å². The lowest BCUT2D eigenvalue weighted by atomic mass is 9.98. The topological polar surface area (TPSA) is 75.7 Å². The molecule has 0 bridgehead atoms. The molecule has 0 spiro atoms. The van der Waals surface area contributed by atoms with Crippen LogP contribution in [0.2, 0.25) is 0 Å². The van der Waals surface area contributed by atoms with E-state index >= 15 is 0 Å². The molecule has 1 aliphatic rings. The highest BCUT2D eigenvalue weighted by Gasteiger charge is 2.25. The van der Waals surface area contributed by atoms with Crippen LogP contribution in [-0.4, -0.2) is 31.4 Å². The number of hydrogen-bond acceptors (Lipinski definition) is 4. The number of rotatable bonds is 4. The van der Waals surface area contributed by atoms with Crippen LogP contribution in [-0.2, 0) is 11.2 Å². The normalized spacial score (nSPS) is 12.6. The van der Waals surface area contributed by atoms with E-state index in [0.29, 0.717) is 23.4 Å². The molecule has 3 aromatic rings. The number of methoxy groups -OCH3 is 1. The summed E-state index contributed by atoms with van der Waals surface area (Å²) in [6.07, 6.45) is 1.47. The van der Waals surface area contributed by atoms with Crippen molar-refractivity contribution in [2.75, 3.05) is 23.9 Å². The van der Waals surface area contributed by atoms with Crippen LogP contribution in [0, 0.1) is 5.82 Å². The second-order valence-electron chi connectivity index (χ2n) is 7.40. The second kappa shape index (κ2) is 9.01. The highest BCUT2D eigenvalue weighted by Crippen LogP contribution is 2.30. The molecule has 7 heteroatoms. The summed E-state index contributed by atoms with van der Waals surface area (Å²) < 4.78 is 18.0. The number of esters is 1. The Bertz CT molecular complexity index is 1190. The number of carbonyl (C=O) groups excluding carboxylic acids is 3. The highest BCUT2D eigenvalue weighted by molar-refractivity contribution is 6.09. The van der Waals surface area contributed by atoms with Gasteiger partial charge in [0.25, 0.3) is 11.8 Å². The number of nitrogens with zero attached hydrogens (tertiary/aromatic N) is 1. The molecule has 1 heterocycles. The third-order valence-corrected chi connectivity index (χ3v) is 5.38. The van der Waals surface area contributed by atoms with E-state index in [2.05, 4.69) is 5.32 Å². The minimum atomic E-state index is -0.540. The first-order valence-electron chi connectivity index (χ1n) is 10.2. The summed E-state index contributed by atoms with van der Waals surface area (Å²) in [5, 5.41) is 2.76. The molecule has 6 nitrogen and oxygen atoms in total. The van der Waals surface area contributed by atoms with E-state index in [-0.39, 0.29) is 17.4 Å². The maximum Gasteiger partial charge on any atom is 0.339 e. The molecule has 162 valence electrons. The van der Waals surface area contributed by atoms with Crippen molar-refractivity contribution in [3.05, 3.63) is 94.8 Å². The van der Waals surface area contributed by atoms with Gasteiger partial charge in [0.05, 0.1) is 18.4 Å². The predicted octanol–water partition coefficient (Wildman–Crippen LogP) is 4.46. The molecular weight excluding hydrogens is 411 g/mol. The van der Waals surface area contributed by atoms with Gasteiger partial charge in [0.15, 0.2) is 0 Å². The number of para-hydroxylation sites is 1. The van der Waals surface area contributed by atoms with Crippen molar-refractivity contribution < 1.29 is 23.5 Å². The number of carbonyl (C=O) groups is 3. The average Bonchev–Trinajstić information content (AvgIpc) is 2.83. The predicted molar refractivity (Wildman–Crippen MR) is 119 cm³/mol. The molecule has 1 N–H and O–H groups in total. The molecule has 1 aliphatic heterocycles. The summed E-state index contributed by atoms with van der Waals surface area (Å²) in [6.45, 7) is 0.543.